The lowest BCUT2D eigenvalue weighted by atomic mass is 10.1. The van der Waals surface area contributed by atoms with E-state index in [4.69, 9.17) is 10.5 Å². The molecule has 1 aromatic rings. The molecule has 2 N–H and O–H groups in total. The highest BCUT2D eigenvalue weighted by atomic mass is 16.5. The third-order valence-electron chi connectivity index (χ3n) is 3.54. The summed E-state index contributed by atoms with van der Waals surface area (Å²) in [5.74, 6) is 0. The fourth-order valence-electron chi connectivity index (χ4n) is 2.34. The SMILES string of the molecule is COCC(CCCN)N(C)CCCc1ccccc1. The van der Waals surface area contributed by atoms with Crippen LogP contribution >= 0.6 is 0 Å². The molecule has 0 aliphatic rings. The summed E-state index contributed by atoms with van der Waals surface area (Å²) in [5, 5.41) is 0. The van der Waals surface area contributed by atoms with Crippen LogP contribution in [0.1, 0.15) is 24.8 Å². The van der Waals surface area contributed by atoms with E-state index in [2.05, 4.69) is 42.3 Å². The maximum atomic E-state index is 5.59. The molecule has 19 heavy (non-hydrogen) atoms. The van der Waals surface area contributed by atoms with E-state index in [1.54, 1.807) is 7.11 Å². The van der Waals surface area contributed by atoms with Crippen LogP contribution in [-0.2, 0) is 11.2 Å². The second-order valence-electron chi connectivity index (χ2n) is 5.11. The maximum Gasteiger partial charge on any atom is 0.0617 e. The zero-order chi connectivity index (χ0) is 13.9. The van der Waals surface area contributed by atoms with Gasteiger partial charge in [0.2, 0.25) is 0 Å². The highest BCUT2D eigenvalue weighted by Crippen LogP contribution is 2.08. The van der Waals surface area contributed by atoms with Gasteiger partial charge in [-0.25, -0.2) is 0 Å². The Labute approximate surface area is 117 Å². The van der Waals surface area contributed by atoms with E-state index in [0.29, 0.717) is 6.04 Å². The predicted octanol–water partition coefficient (Wildman–Crippen LogP) is 2.30. The van der Waals surface area contributed by atoms with E-state index in [-0.39, 0.29) is 0 Å². The number of aryl methyl sites for hydroxylation is 1. The van der Waals surface area contributed by atoms with Gasteiger partial charge in [0, 0.05) is 13.2 Å². The second-order valence-corrected chi connectivity index (χ2v) is 5.11. The van der Waals surface area contributed by atoms with Crippen molar-refractivity contribution in [1.82, 2.24) is 4.90 Å². The van der Waals surface area contributed by atoms with Crippen LogP contribution in [0, 0.1) is 0 Å². The Kier molecular flexibility index (Phi) is 8.47. The number of ether oxygens (including phenoxy) is 1. The van der Waals surface area contributed by atoms with Crippen LogP contribution in [0.15, 0.2) is 30.3 Å². The van der Waals surface area contributed by atoms with Crippen molar-refractivity contribution >= 4 is 0 Å². The summed E-state index contributed by atoms with van der Waals surface area (Å²) in [4.78, 5) is 2.40. The minimum absolute atomic E-state index is 0.490. The number of hydrogen-bond donors (Lipinski definition) is 1. The number of rotatable bonds is 10. The minimum Gasteiger partial charge on any atom is -0.383 e. The van der Waals surface area contributed by atoms with Gasteiger partial charge in [-0.2, -0.15) is 0 Å². The van der Waals surface area contributed by atoms with Gasteiger partial charge in [-0.3, -0.25) is 0 Å². The summed E-state index contributed by atoms with van der Waals surface area (Å²) >= 11 is 0. The number of likely N-dealkylation sites (N-methyl/N-ethyl adjacent to an activating group) is 1. The van der Waals surface area contributed by atoms with E-state index < -0.39 is 0 Å². The van der Waals surface area contributed by atoms with E-state index in [1.807, 2.05) is 0 Å². The second kappa shape index (κ2) is 9.96. The smallest absolute Gasteiger partial charge is 0.0617 e. The van der Waals surface area contributed by atoms with Gasteiger partial charge in [0.1, 0.15) is 0 Å². The fourth-order valence-corrected chi connectivity index (χ4v) is 2.34. The molecular weight excluding hydrogens is 236 g/mol. The lowest BCUT2D eigenvalue weighted by Gasteiger charge is -2.27. The zero-order valence-corrected chi connectivity index (χ0v) is 12.3. The fraction of sp³-hybridized carbons (Fsp3) is 0.625. The summed E-state index contributed by atoms with van der Waals surface area (Å²) in [5.41, 5.74) is 7.01. The molecule has 0 amide bonds. The molecule has 1 unspecified atom stereocenters. The number of nitrogens with zero attached hydrogens (tertiary/aromatic N) is 1. The summed E-state index contributed by atoms with van der Waals surface area (Å²) in [6, 6.07) is 11.2. The monoisotopic (exact) mass is 264 g/mol. The van der Waals surface area contributed by atoms with E-state index in [9.17, 15) is 0 Å². The van der Waals surface area contributed by atoms with Crippen molar-refractivity contribution < 1.29 is 4.74 Å². The lowest BCUT2D eigenvalue weighted by Crippen LogP contribution is -2.36. The molecule has 0 radical (unpaired) electrons. The predicted molar refractivity (Wildman–Crippen MR) is 81.3 cm³/mol. The zero-order valence-electron chi connectivity index (χ0n) is 12.3. The molecule has 0 spiro atoms. The number of benzene rings is 1. The molecule has 1 aromatic carbocycles. The summed E-state index contributed by atoms with van der Waals surface area (Å²) in [6.45, 7) is 2.66. The van der Waals surface area contributed by atoms with Crippen molar-refractivity contribution in [1.29, 1.82) is 0 Å². The molecule has 1 atom stereocenters. The van der Waals surface area contributed by atoms with Gasteiger partial charge in [-0.15, -0.1) is 0 Å². The average Bonchev–Trinajstić information content (AvgIpc) is 2.44. The third-order valence-corrected chi connectivity index (χ3v) is 3.54. The first-order valence-corrected chi connectivity index (χ1v) is 7.21. The van der Waals surface area contributed by atoms with Gasteiger partial charge in [0.05, 0.1) is 6.61 Å². The van der Waals surface area contributed by atoms with E-state index >= 15 is 0 Å². The first-order chi connectivity index (χ1) is 9.27. The highest BCUT2D eigenvalue weighted by Gasteiger charge is 2.13. The average molecular weight is 264 g/mol. The standard InChI is InChI=1S/C16H28N2O/c1-18(16(14-19-2)11-6-12-17)13-7-10-15-8-4-3-5-9-15/h3-5,8-9,16H,6-7,10-14,17H2,1-2H3. The quantitative estimate of drug-likeness (QED) is 0.705. The van der Waals surface area contributed by atoms with Gasteiger partial charge in [-0.1, -0.05) is 30.3 Å². The summed E-state index contributed by atoms with van der Waals surface area (Å²) < 4.78 is 5.30. The van der Waals surface area contributed by atoms with Gasteiger partial charge >= 0.3 is 0 Å². The Morgan fingerprint density at radius 2 is 1.95 bits per heavy atom. The topological polar surface area (TPSA) is 38.5 Å². The molecule has 0 bridgehead atoms. The van der Waals surface area contributed by atoms with E-state index in [1.165, 1.54) is 12.0 Å². The van der Waals surface area contributed by atoms with Crippen LogP contribution < -0.4 is 5.73 Å². The van der Waals surface area contributed by atoms with Crippen LogP contribution in [0.3, 0.4) is 0 Å². The van der Waals surface area contributed by atoms with Gasteiger partial charge in [0.15, 0.2) is 0 Å². The summed E-state index contributed by atoms with van der Waals surface area (Å²) in [7, 11) is 3.96. The molecule has 0 saturated carbocycles. The number of hydrogen-bond acceptors (Lipinski definition) is 3. The largest absolute Gasteiger partial charge is 0.383 e. The van der Waals surface area contributed by atoms with Gasteiger partial charge in [-0.05, 0) is 51.4 Å². The Hall–Kier alpha value is -0.900. The Morgan fingerprint density at radius 1 is 1.21 bits per heavy atom. The molecule has 3 nitrogen and oxygen atoms in total. The Morgan fingerprint density at radius 3 is 2.58 bits per heavy atom. The van der Waals surface area contributed by atoms with Crippen LogP contribution in [0.25, 0.3) is 0 Å². The van der Waals surface area contributed by atoms with Crippen LogP contribution in [-0.4, -0.2) is 44.8 Å². The molecule has 0 aliphatic carbocycles. The first kappa shape index (κ1) is 16.2. The third kappa shape index (κ3) is 6.71. The number of methoxy groups -OCH3 is 1. The normalized spacial score (nSPS) is 12.8. The van der Waals surface area contributed by atoms with Crippen molar-refractivity contribution in [3.05, 3.63) is 35.9 Å². The van der Waals surface area contributed by atoms with Crippen molar-refractivity contribution in [2.75, 3.05) is 33.9 Å². The summed E-state index contributed by atoms with van der Waals surface area (Å²) in [6.07, 6.45) is 4.51. The molecular formula is C16H28N2O. The van der Waals surface area contributed by atoms with E-state index in [0.717, 1.165) is 39.0 Å². The van der Waals surface area contributed by atoms with Crippen LogP contribution in [0.4, 0.5) is 0 Å². The molecule has 108 valence electrons. The lowest BCUT2D eigenvalue weighted by molar-refractivity contribution is 0.0995. The molecule has 0 heterocycles. The Balaban J connectivity index is 2.28. The van der Waals surface area contributed by atoms with Crippen LogP contribution in [0.2, 0.25) is 0 Å². The maximum absolute atomic E-state index is 5.59. The first-order valence-electron chi connectivity index (χ1n) is 7.21. The van der Waals surface area contributed by atoms with Crippen molar-refractivity contribution in [3.63, 3.8) is 0 Å². The highest BCUT2D eigenvalue weighted by molar-refractivity contribution is 5.14. The molecule has 1 rings (SSSR count). The van der Waals surface area contributed by atoms with Gasteiger partial charge in [0.25, 0.3) is 0 Å². The van der Waals surface area contributed by atoms with Crippen molar-refractivity contribution in [2.45, 2.75) is 31.7 Å². The molecule has 3 heteroatoms. The Bertz CT molecular complexity index is 316. The minimum atomic E-state index is 0.490. The number of nitrogens with two attached hydrogens (primary N) is 1. The molecule has 0 saturated heterocycles. The van der Waals surface area contributed by atoms with Crippen molar-refractivity contribution in [3.8, 4) is 0 Å². The van der Waals surface area contributed by atoms with Crippen molar-refractivity contribution in [2.24, 2.45) is 5.73 Å². The molecule has 0 aromatic heterocycles. The molecule has 0 aliphatic heterocycles. The van der Waals surface area contributed by atoms with Gasteiger partial charge < -0.3 is 15.4 Å². The molecule has 0 fully saturated rings. The van der Waals surface area contributed by atoms with Crippen LogP contribution in [0.5, 0.6) is 0 Å².